The molecule has 2 fully saturated rings. The van der Waals surface area contributed by atoms with Gasteiger partial charge in [-0.25, -0.2) is 0 Å². The Morgan fingerprint density at radius 2 is 1.86 bits per heavy atom. The van der Waals surface area contributed by atoms with Gasteiger partial charge in [0.2, 0.25) is 11.8 Å². The van der Waals surface area contributed by atoms with Gasteiger partial charge < -0.3 is 9.80 Å². The lowest BCUT2D eigenvalue weighted by Gasteiger charge is -2.48. The summed E-state index contributed by atoms with van der Waals surface area (Å²) in [6, 6.07) is -0.698. The van der Waals surface area contributed by atoms with E-state index in [0.29, 0.717) is 13.1 Å². The van der Waals surface area contributed by atoms with Gasteiger partial charge in [-0.15, -0.1) is 0 Å². The van der Waals surface area contributed by atoms with Crippen LogP contribution in [0.1, 0.15) is 40.0 Å². The molecule has 0 spiro atoms. The summed E-state index contributed by atoms with van der Waals surface area (Å²) in [6.45, 7) is 6.92. The van der Waals surface area contributed by atoms with Crippen LogP contribution in [-0.4, -0.2) is 62.5 Å². The minimum atomic E-state index is -0.995. The number of fused-ring (bicyclic) bond motifs is 1. The Balaban J connectivity index is 2.28. The first-order valence-corrected chi connectivity index (χ1v) is 9.40. The van der Waals surface area contributed by atoms with Crippen molar-refractivity contribution < 1.29 is 13.8 Å². The third-order valence-corrected chi connectivity index (χ3v) is 5.88. The van der Waals surface area contributed by atoms with Crippen molar-refractivity contribution in [2.45, 2.75) is 57.4 Å². The molecule has 4 atom stereocenters. The zero-order valence-corrected chi connectivity index (χ0v) is 14.2. The lowest BCUT2D eigenvalue weighted by atomic mass is 9.90. The Kier molecular flexibility index (Phi) is 5.07. The van der Waals surface area contributed by atoms with Gasteiger partial charge in [0.1, 0.15) is 12.1 Å². The number of piperazine rings is 1. The van der Waals surface area contributed by atoms with Crippen LogP contribution in [0.2, 0.25) is 0 Å². The molecule has 0 aromatic carbocycles. The van der Waals surface area contributed by atoms with Crippen molar-refractivity contribution in [1.82, 2.24) is 9.80 Å². The van der Waals surface area contributed by atoms with E-state index in [0.717, 1.165) is 19.3 Å². The number of nitrogens with zero attached hydrogens (tertiary/aromatic N) is 2. The standard InChI is InChI=1S/C15H26N2O3S/c1-10(2)13-15(19)16-8-6-5-7-12(16)14(18)17(13)9-11(3)21(4)20/h10-13H,5-9H2,1-4H3. The minimum absolute atomic E-state index is 0.0466. The molecule has 2 heterocycles. The fourth-order valence-electron chi connectivity index (χ4n) is 3.31. The van der Waals surface area contributed by atoms with E-state index in [1.807, 2.05) is 20.8 Å². The van der Waals surface area contributed by atoms with E-state index < -0.39 is 16.8 Å². The van der Waals surface area contributed by atoms with Gasteiger partial charge in [0, 0.05) is 35.4 Å². The normalized spacial score (nSPS) is 29.6. The van der Waals surface area contributed by atoms with Crippen molar-refractivity contribution in [2.75, 3.05) is 19.3 Å². The monoisotopic (exact) mass is 314 g/mol. The lowest BCUT2D eigenvalue weighted by molar-refractivity contribution is -0.165. The van der Waals surface area contributed by atoms with Crippen molar-refractivity contribution in [3.8, 4) is 0 Å². The molecule has 120 valence electrons. The molecule has 0 saturated carbocycles. The Morgan fingerprint density at radius 3 is 2.43 bits per heavy atom. The summed E-state index contributed by atoms with van der Waals surface area (Å²) in [7, 11) is -0.995. The second kappa shape index (κ2) is 6.46. The van der Waals surface area contributed by atoms with E-state index in [1.165, 1.54) is 0 Å². The van der Waals surface area contributed by atoms with Crippen molar-refractivity contribution >= 4 is 22.6 Å². The molecule has 4 unspecified atom stereocenters. The van der Waals surface area contributed by atoms with Crippen LogP contribution in [0.5, 0.6) is 0 Å². The van der Waals surface area contributed by atoms with Crippen LogP contribution >= 0.6 is 0 Å². The second-order valence-corrected chi connectivity index (χ2v) is 8.33. The van der Waals surface area contributed by atoms with Gasteiger partial charge in [-0.3, -0.25) is 13.8 Å². The first kappa shape index (κ1) is 16.5. The van der Waals surface area contributed by atoms with Crippen LogP contribution in [0.4, 0.5) is 0 Å². The molecule has 0 N–H and O–H groups in total. The molecule has 2 aliphatic rings. The van der Waals surface area contributed by atoms with Crippen LogP contribution in [0, 0.1) is 5.92 Å². The van der Waals surface area contributed by atoms with Crippen LogP contribution < -0.4 is 0 Å². The summed E-state index contributed by atoms with van der Waals surface area (Å²) in [4.78, 5) is 29.1. The van der Waals surface area contributed by atoms with E-state index in [9.17, 15) is 13.8 Å². The smallest absolute Gasteiger partial charge is 0.246 e. The maximum Gasteiger partial charge on any atom is 0.246 e. The zero-order chi connectivity index (χ0) is 15.7. The van der Waals surface area contributed by atoms with Crippen LogP contribution in [-0.2, 0) is 20.4 Å². The highest BCUT2D eigenvalue weighted by molar-refractivity contribution is 7.84. The summed E-state index contributed by atoms with van der Waals surface area (Å²) >= 11 is 0. The third-order valence-electron chi connectivity index (χ3n) is 4.59. The molecular weight excluding hydrogens is 288 g/mol. The Hall–Kier alpha value is -0.910. The van der Waals surface area contributed by atoms with Gasteiger partial charge in [-0.05, 0) is 32.1 Å². The maximum absolute atomic E-state index is 12.8. The van der Waals surface area contributed by atoms with Gasteiger partial charge in [-0.2, -0.15) is 0 Å². The first-order chi connectivity index (χ1) is 9.84. The molecule has 2 saturated heterocycles. The lowest BCUT2D eigenvalue weighted by Crippen LogP contribution is -2.67. The molecule has 0 aromatic heterocycles. The Morgan fingerprint density at radius 1 is 1.19 bits per heavy atom. The van der Waals surface area contributed by atoms with Gasteiger partial charge in [-0.1, -0.05) is 13.8 Å². The van der Waals surface area contributed by atoms with Crippen LogP contribution in [0.15, 0.2) is 0 Å². The SMILES string of the molecule is CC(C)C1C(=O)N2CCCCC2C(=O)N1CC(C)S(C)=O. The average Bonchev–Trinajstić information content (AvgIpc) is 2.44. The van der Waals surface area contributed by atoms with Crippen LogP contribution in [0.3, 0.4) is 0 Å². The predicted octanol–water partition coefficient (Wildman–Crippen LogP) is 1.00. The van der Waals surface area contributed by atoms with Gasteiger partial charge in [0.25, 0.3) is 0 Å². The number of hydrogen-bond donors (Lipinski definition) is 0. The Bertz CT molecular complexity index is 452. The van der Waals surface area contributed by atoms with Crippen LogP contribution in [0.25, 0.3) is 0 Å². The molecule has 5 nitrogen and oxygen atoms in total. The first-order valence-electron chi connectivity index (χ1n) is 7.77. The molecule has 21 heavy (non-hydrogen) atoms. The molecule has 0 bridgehead atoms. The summed E-state index contributed by atoms with van der Waals surface area (Å²) in [5.41, 5.74) is 0. The van der Waals surface area contributed by atoms with E-state index in [2.05, 4.69) is 0 Å². The number of carbonyl (C=O) groups excluding carboxylic acids is 2. The predicted molar refractivity (Wildman–Crippen MR) is 83.2 cm³/mol. The highest BCUT2D eigenvalue weighted by Crippen LogP contribution is 2.29. The maximum atomic E-state index is 12.8. The molecule has 0 aliphatic carbocycles. The van der Waals surface area contributed by atoms with Gasteiger partial charge in [0.15, 0.2) is 0 Å². The fraction of sp³-hybridized carbons (Fsp3) is 0.867. The molecule has 6 heteroatoms. The highest BCUT2D eigenvalue weighted by atomic mass is 32.2. The average molecular weight is 314 g/mol. The molecule has 2 rings (SSSR count). The van der Waals surface area contributed by atoms with E-state index >= 15 is 0 Å². The van der Waals surface area contributed by atoms with Crippen molar-refractivity contribution in [3.63, 3.8) is 0 Å². The van der Waals surface area contributed by atoms with Crippen molar-refractivity contribution in [1.29, 1.82) is 0 Å². The van der Waals surface area contributed by atoms with Gasteiger partial charge in [0.05, 0.1) is 0 Å². The number of amides is 2. The second-order valence-electron chi connectivity index (χ2n) is 6.53. The largest absolute Gasteiger partial charge is 0.329 e. The molecule has 0 radical (unpaired) electrons. The van der Waals surface area contributed by atoms with Crippen molar-refractivity contribution in [2.24, 2.45) is 5.92 Å². The third kappa shape index (κ3) is 3.15. The molecular formula is C15H26N2O3S. The van der Waals surface area contributed by atoms with E-state index in [1.54, 1.807) is 16.1 Å². The number of rotatable bonds is 4. The topological polar surface area (TPSA) is 57.7 Å². The van der Waals surface area contributed by atoms with E-state index in [4.69, 9.17) is 0 Å². The molecule has 2 amide bonds. The summed E-state index contributed by atoms with van der Waals surface area (Å²) in [6.07, 6.45) is 4.39. The number of carbonyl (C=O) groups is 2. The summed E-state index contributed by atoms with van der Waals surface area (Å²) in [5.74, 6) is 0.190. The van der Waals surface area contributed by atoms with E-state index in [-0.39, 0.29) is 29.0 Å². The highest BCUT2D eigenvalue weighted by Gasteiger charge is 2.47. The van der Waals surface area contributed by atoms with Gasteiger partial charge >= 0.3 is 0 Å². The quantitative estimate of drug-likeness (QED) is 0.778. The molecule has 0 aromatic rings. The van der Waals surface area contributed by atoms with Crippen molar-refractivity contribution in [3.05, 3.63) is 0 Å². The molecule has 2 aliphatic heterocycles. The zero-order valence-electron chi connectivity index (χ0n) is 13.4. The fourth-order valence-corrected chi connectivity index (χ4v) is 3.68. The number of piperidine rings is 1. The summed E-state index contributed by atoms with van der Waals surface area (Å²) in [5, 5.41) is -0.113. The summed E-state index contributed by atoms with van der Waals surface area (Å²) < 4.78 is 11.6. The Labute approximate surface area is 129 Å². The minimum Gasteiger partial charge on any atom is -0.329 e. The number of hydrogen-bond acceptors (Lipinski definition) is 3.